The lowest BCUT2D eigenvalue weighted by atomic mass is 10.0. The molecule has 0 aromatic heterocycles. The number of carbonyl (C=O) groups excluding carboxylic acids is 1. The van der Waals surface area contributed by atoms with Crippen molar-refractivity contribution in [1.29, 1.82) is 0 Å². The molecule has 0 saturated carbocycles. The number of allylic oxidation sites excluding steroid dienone is 4. The molecule has 0 aliphatic heterocycles. The van der Waals surface area contributed by atoms with Gasteiger partial charge in [-0.3, -0.25) is 4.79 Å². The molecule has 4 nitrogen and oxygen atoms in total. The van der Waals surface area contributed by atoms with Gasteiger partial charge in [0.2, 0.25) is 5.91 Å². The fourth-order valence-corrected chi connectivity index (χ4v) is 6.98. The summed E-state index contributed by atoms with van der Waals surface area (Å²) in [6, 6.07) is -0.538. The Morgan fingerprint density at radius 2 is 0.820 bits per heavy atom. The Balaban J connectivity index is 3.52. The van der Waals surface area contributed by atoms with Gasteiger partial charge in [0, 0.05) is 6.42 Å². The molecule has 0 aromatic carbocycles. The quantitative estimate of drug-likeness (QED) is 0.0438. The average Bonchev–Trinajstić information content (AvgIpc) is 3.12. The van der Waals surface area contributed by atoms with Crippen LogP contribution < -0.4 is 5.32 Å². The standard InChI is InChI=1S/C46H89NO3/c1-3-5-7-9-11-13-15-17-19-20-21-22-23-24-25-26-28-30-32-34-36-38-40-42-46(50)47-44(43-48)45(49)41-39-37-35-33-31-29-27-18-16-14-12-10-8-6-4-2/h21-22,24-25,44-45,48-49H,3-20,23,26-43H2,1-2H3,(H,47,50)/b22-21-,25-24-. The molecule has 1 amide bonds. The second-order valence-corrected chi connectivity index (χ2v) is 15.5. The van der Waals surface area contributed by atoms with Crippen LogP contribution in [0.2, 0.25) is 0 Å². The van der Waals surface area contributed by atoms with Gasteiger partial charge in [-0.25, -0.2) is 0 Å². The highest BCUT2D eigenvalue weighted by Crippen LogP contribution is 2.16. The first kappa shape index (κ1) is 48.9. The Labute approximate surface area is 313 Å². The van der Waals surface area contributed by atoms with Crippen molar-refractivity contribution in [1.82, 2.24) is 5.32 Å². The third-order valence-corrected chi connectivity index (χ3v) is 10.5. The van der Waals surface area contributed by atoms with E-state index in [1.807, 2.05) is 0 Å². The number of unbranched alkanes of at least 4 members (excludes halogenated alkanes) is 30. The first-order valence-electron chi connectivity index (χ1n) is 22.5. The Morgan fingerprint density at radius 3 is 1.20 bits per heavy atom. The fraction of sp³-hybridized carbons (Fsp3) is 0.891. The lowest BCUT2D eigenvalue weighted by molar-refractivity contribution is -0.123. The van der Waals surface area contributed by atoms with E-state index >= 15 is 0 Å². The summed E-state index contributed by atoms with van der Waals surface area (Å²) in [6.07, 6.45) is 54.0. The van der Waals surface area contributed by atoms with Crippen molar-refractivity contribution in [2.75, 3.05) is 6.61 Å². The highest BCUT2D eigenvalue weighted by Gasteiger charge is 2.20. The molecule has 4 heteroatoms. The van der Waals surface area contributed by atoms with Crippen LogP contribution in [0.25, 0.3) is 0 Å². The van der Waals surface area contributed by atoms with Crippen molar-refractivity contribution in [3.05, 3.63) is 24.3 Å². The van der Waals surface area contributed by atoms with Crippen LogP contribution in [0.1, 0.15) is 245 Å². The Hall–Kier alpha value is -1.13. The summed E-state index contributed by atoms with van der Waals surface area (Å²) in [5.41, 5.74) is 0. The number of aliphatic hydroxyl groups excluding tert-OH is 2. The monoisotopic (exact) mass is 704 g/mol. The predicted octanol–water partition coefficient (Wildman–Crippen LogP) is 14.0. The van der Waals surface area contributed by atoms with E-state index in [0.717, 1.165) is 32.1 Å². The van der Waals surface area contributed by atoms with E-state index in [2.05, 4.69) is 43.5 Å². The Kier molecular flexibility index (Phi) is 41.3. The van der Waals surface area contributed by atoms with Gasteiger partial charge in [-0.05, 0) is 44.9 Å². The normalized spacial score (nSPS) is 13.1. The molecular formula is C46H89NO3. The number of carbonyl (C=O) groups is 1. The molecule has 0 rings (SSSR count). The Morgan fingerprint density at radius 1 is 0.480 bits per heavy atom. The molecule has 0 spiro atoms. The zero-order valence-electron chi connectivity index (χ0n) is 33.9. The largest absolute Gasteiger partial charge is 0.394 e. The van der Waals surface area contributed by atoms with Crippen LogP contribution in [0, 0.1) is 0 Å². The molecule has 0 saturated heterocycles. The highest BCUT2D eigenvalue weighted by atomic mass is 16.3. The van der Waals surface area contributed by atoms with Crippen LogP contribution >= 0.6 is 0 Å². The van der Waals surface area contributed by atoms with E-state index in [0.29, 0.717) is 12.8 Å². The molecule has 0 radical (unpaired) electrons. The third kappa shape index (κ3) is 38.1. The molecule has 296 valence electrons. The fourth-order valence-electron chi connectivity index (χ4n) is 6.98. The minimum Gasteiger partial charge on any atom is -0.394 e. The predicted molar refractivity (Wildman–Crippen MR) is 221 cm³/mol. The molecule has 3 N–H and O–H groups in total. The minimum atomic E-state index is -0.661. The maximum absolute atomic E-state index is 12.4. The van der Waals surface area contributed by atoms with Crippen LogP contribution in [0.3, 0.4) is 0 Å². The SMILES string of the molecule is CCCCCCCCCCC/C=C\C/C=C\CCCCCCCCCC(=O)NC(CO)C(O)CCCCCCCCCCCCCCCCC. The number of amides is 1. The minimum absolute atomic E-state index is 0.0373. The lowest BCUT2D eigenvalue weighted by Gasteiger charge is -2.22. The van der Waals surface area contributed by atoms with Crippen LogP contribution in [0.4, 0.5) is 0 Å². The molecule has 2 unspecified atom stereocenters. The van der Waals surface area contributed by atoms with Gasteiger partial charge in [0.1, 0.15) is 0 Å². The van der Waals surface area contributed by atoms with E-state index in [4.69, 9.17) is 0 Å². The van der Waals surface area contributed by atoms with Crippen molar-refractivity contribution in [3.8, 4) is 0 Å². The second-order valence-electron chi connectivity index (χ2n) is 15.5. The number of hydrogen-bond acceptors (Lipinski definition) is 3. The van der Waals surface area contributed by atoms with E-state index < -0.39 is 12.1 Å². The summed E-state index contributed by atoms with van der Waals surface area (Å²) in [7, 11) is 0. The van der Waals surface area contributed by atoms with Gasteiger partial charge in [-0.2, -0.15) is 0 Å². The lowest BCUT2D eigenvalue weighted by Crippen LogP contribution is -2.45. The summed E-state index contributed by atoms with van der Waals surface area (Å²) >= 11 is 0. The maximum Gasteiger partial charge on any atom is 0.220 e. The van der Waals surface area contributed by atoms with Gasteiger partial charge in [0.15, 0.2) is 0 Å². The number of nitrogens with one attached hydrogen (secondary N) is 1. The van der Waals surface area contributed by atoms with Crippen LogP contribution in [0.15, 0.2) is 24.3 Å². The maximum atomic E-state index is 12.4. The molecule has 0 bridgehead atoms. The van der Waals surface area contributed by atoms with Gasteiger partial charge in [-0.1, -0.05) is 218 Å². The van der Waals surface area contributed by atoms with Crippen LogP contribution in [-0.4, -0.2) is 34.9 Å². The topological polar surface area (TPSA) is 69.6 Å². The zero-order chi connectivity index (χ0) is 36.4. The second kappa shape index (κ2) is 42.3. The summed E-state index contributed by atoms with van der Waals surface area (Å²) in [6.45, 7) is 4.37. The van der Waals surface area contributed by atoms with Gasteiger partial charge >= 0.3 is 0 Å². The van der Waals surface area contributed by atoms with E-state index in [9.17, 15) is 15.0 Å². The molecule has 50 heavy (non-hydrogen) atoms. The summed E-state index contributed by atoms with van der Waals surface area (Å²) in [5.74, 6) is -0.0373. The van der Waals surface area contributed by atoms with Crippen molar-refractivity contribution < 1.29 is 15.0 Å². The number of hydrogen-bond donors (Lipinski definition) is 3. The summed E-state index contributed by atoms with van der Waals surface area (Å²) in [5, 5.41) is 23.2. The average molecular weight is 704 g/mol. The van der Waals surface area contributed by atoms with Crippen LogP contribution in [-0.2, 0) is 4.79 Å². The summed E-state index contributed by atoms with van der Waals surface area (Å²) in [4.78, 5) is 12.4. The molecule has 0 heterocycles. The van der Waals surface area contributed by atoms with Gasteiger partial charge in [0.05, 0.1) is 18.8 Å². The van der Waals surface area contributed by atoms with Crippen molar-refractivity contribution in [2.45, 2.75) is 257 Å². The molecule has 0 aliphatic carbocycles. The van der Waals surface area contributed by atoms with E-state index in [1.165, 1.54) is 186 Å². The van der Waals surface area contributed by atoms with E-state index in [-0.39, 0.29) is 12.5 Å². The molecule has 2 atom stereocenters. The van der Waals surface area contributed by atoms with Crippen LogP contribution in [0.5, 0.6) is 0 Å². The number of aliphatic hydroxyl groups is 2. The van der Waals surface area contributed by atoms with Crippen molar-refractivity contribution >= 4 is 5.91 Å². The molecule has 0 aliphatic rings. The van der Waals surface area contributed by atoms with E-state index in [1.54, 1.807) is 0 Å². The van der Waals surface area contributed by atoms with Gasteiger partial charge in [-0.15, -0.1) is 0 Å². The van der Waals surface area contributed by atoms with Gasteiger partial charge < -0.3 is 15.5 Å². The first-order valence-corrected chi connectivity index (χ1v) is 22.5. The summed E-state index contributed by atoms with van der Waals surface area (Å²) < 4.78 is 0. The van der Waals surface area contributed by atoms with Crippen molar-refractivity contribution in [2.24, 2.45) is 0 Å². The third-order valence-electron chi connectivity index (χ3n) is 10.5. The number of rotatable bonds is 41. The first-order chi connectivity index (χ1) is 24.7. The smallest absolute Gasteiger partial charge is 0.220 e. The molecule has 0 fully saturated rings. The van der Waals surface area contributed by atoms with Gasteiger partial charge in [0.25, 0.3) is 0 Å². The zero-order valence-corrected chi connectivity index (χ0v) is 33.9. The molecule has 0 aromatic rings. The Bertz CT molecular complexity index is 720. The highest BCUT2D eigenvalue weighted by molar-refractivity contribution is 5.76. The molecular weight excluding hydrogens is 615 g/mol. The van der Waals surface area contributed by atoms with Crippen molar-refractivity contribution in [3.63, 3.8) is 0 Å².